The molecule has 1 aromatic rings. The second kappa shape index (κ2) is 3.57. The van der Waals surface area contributed by atoms with Gasteiger partial charge in [0.05, 0.1) is 0 Å². The van der Waals surface area contributed by atoms with Crippen LogP contribution in [-0.2, 0) is 12.1 Å². The van der Waals surface area contributed by atoms with Gasteiger partial charge in [0.15, 0.2) is 0 Å². The number of carbonyl (C=O) groups is 1. The van der Waals surface area contributed by atoms with E-state index in [9.17, 15) is 4.79 Å². The largest absolute Gasteiger partial charge is 0.337 e. The van der Waals surface area contributed by atoms with Crippen molar-refractivity contribution in [3.05, 3.63) is 34.9 Å². The van der Waals surface area contributed by atoms with Crippen molar-refractivity contribution in [1.82, 2.24) is 4.90 Å². The molecule has 1 aromatic carbocycles. The molecule has 2 aliphatic rings. The number of amides is 1. The van der Waals surface area contributed by atoms with Crippen LogP contribution in [0.2, 0.25) is 0 Å². The van der Waals surface area contributed by atoms with Gasteiger partial charge in [0, 0.05) is 24.7 Å². The second-order valence-electron chi connectivity index (χ2n) is 5.40. The smallest absolute Gasteiger partial charge is 0.254 e. The lowest BCUT2D eigenvalue weighted by Gasteiger charge is -2.24. The first-order valence-electron chi connectivity index (χ1n) is 6.28. The molecule has 2 N–H and O–H groups in total. The van der Waals surface area contributed by atoms with Crippen molar-refractivity contribution in [1.29, 1.82) is 0 Å². The van der Waals surface area contributed by atoms with Crippen LogP contribution in [0.1, 0.15) is 47.2 Å². The van der Waals surface area contributed by atoms with E-state index >= 15 is 0 Å². The minimum atomic E-state index is -0.198. The molecule has 0 unspecified atom stereocenters. The summed E-state index contributed by atoms with van der Waals surface area (Å²) in [6.07, 6.45) is 4.47. The van der Waals surface area contributed by atoms with E-state index in [2.05, 4.69) is 12.1 Å². The first kappa shape index (κ1) is 10.8. The Morgan fingerprint density at radius 2 is 2.00 bits per heavy atom. The number of hydrogen-bond acceptors (Lipinski definition) is 2. The topological polar surface area (TPSA) is 46.3 Å². The van der Waals surface area contributed by atoms with Gasteiger partial charge in [0.25, 0.3) is 5.91 Å². The maximum Gasteiger partial charge on any atom is 0.254 e. The molecule has 1 aliphatic carbocycles. The molecule has 1 saturated carbocycles. The number of hydrogen-bond donors (Lipinski definition) is 1. The third kappa shape index (κ3) is 1.57. The zero-order valence-electron chi connectivity index (χ0n) is 10.2. The fourth-order valence-electron chi connectivity index (χ4n) is 3.05. The molecule has 1 fully saturated rings. The number of nitrogens with zero attached hydrogens (tertiary/aromatic N) is 1. The van der Waals surface area contributed by atoms with Crippen LogP contribution in [0.25, 0.3) is 0 Å². The summed E-state index contributed by atoms with van der Waals surface area (Å²) in [5.41, 5.74) is 9.34. The molecule has 0 radical (unpaired) electrons. The molecule has 1 aliphatic heterocycles. The number of rotatable bonds is 1. The van der Waals surface area contributed by atoms with E-state index in [1.165, 1.54) is 12.8 Å². The predicted octanol–water partition coefficient (Wildman–Crippen LogP) is 2.00. The second-order valence-corrected chi connectivity index (χ2v) is 5.40. The number of nitrogens with two attached hydrogens (primary N) is 1. The highest BCUT2D eigenvalue weighted by Crippen LogP contribution is 2.37. The van der Waals surface area contributed by atoms with Gasteiger partial charge >= 0.3 is 0 Å². The standard InChI is InChI=1S/C14H18N2O/c1-16-9-10-4-5-11(8-12(10)13(16)17)14(15)6-2-3-7-14/h4-5,8H,2-3,6-7,9,15H2,1H3. The molecule has 0 atom stereocenters. The van der Waals surface area contributed by atoms with Crippen LogP contribution >= 0.6 is 0 Å². The number of fused-ring (bicyclic) bond motifs is 1. The molecular formula is C14H18N2O. The van der Waals surface area contributed by atoms with Crippen LogP contribution in [0.4, 0.5) is 0 Å². The molecule has 1 amide bonds. The normalized spacial score (nSPS) is 22.0. The average Bonchev–Trinajstić information content (AvgIpc) is 2.86. The van der Waals surface area contributed by atoms with Gasteiger partial charge in [-0.1, -0.05) is 25.0 Å². The van der Waals surface area contributed by atoms with Gasteiger partial charge < -0.3 is 10.6 Å². The maximum atomic E-state index is 12.0. The fraction of sp³-hybridized carbons (Fsp3) is 0.500. The minimum Gasteiger partial charge on any atom is -0.337 e. The Hall–Kier alpha value is -1.35. The lowest BCUT2D eigenvalue weighted by Crippen LogP contribution is -2.33. The Bertz CT molecular complexity index is 475. The van der Waals surface area contributed by atoms with E-state index in [1.54, 1.807) is 4.90 Å². The molecule has 3 nitrogen and oxygen atoms in total. The van der Waals surface area contributed by atoms with Crippen molar-refractivity contribution < 1.29 is 4.79 Å². The number of benzene rings is 1. The maximum absolute atomic E-state index is 12.0. The summed E-state index contributed by atoms with van der Waals surface area (Å²) in [7, 11) is 1.84. The van der Waals surface area contributed by atoms with Crippen molar-refractivity contribution in [2.24, 2.45) is 5.73 Å². The van der Waals surface area contributed by atoms with Crippen LogP contribution in [-0.4, -0.2) is 17.9 Å². The fourth-order valence-corrected chi connectivity index (χ4v) is 3.05. The average molecular weight is 230 g/mol. The molecule has 0 saturated heterocycles. The zero-order valence-corrected chi connectivity index (χ0v) is 10.2. The molecule has 0 spiro atoms. The van der Waals surface area contributed by atoms with Gasteiger partial charge in [-0.2, -0.15) is 0 Å². The lowest BCUT2D eigenvalue weighted by molar-refractivity contribution is 0.0816. The van der Waals surface area contributed by atoms with Crippen LogP contribution < -0.4 is 5.73 Å². The molecule has 17 heavy (non-hydrogen) atoms. The Morgan fingerprint density at radius 3 is 2.71 bits per heavy atom. The Labute approximate surface area is 102 Å². The van der Waals surface area contributed by atoms with Crippen LogP contribution in [0.3, 0.4) is 0 Å². The highest BCUT2D eigenvalue weighted by atomic mass is 16.2. The van der Waals surface area contributed by atoms with Gasteiger partial charge in [0.2, 0.25) is 0 Å². The lowest BCUT2D eigenvalue weighted by atomic mass is 9.87. The number of carbonyl (C=O) groups excluding carboxylic acids is 1. The van der Waals surface area contributed by atoms with E-state index in [4.69, 9.17) is 5.73 Å². The van der Waals surface area contributed by atoms with Gasteiger partial charge in [-0.25, -0.2) is 0 Å². The van der Waals surface area contributed by atoms with E-state index in [0.717, 1.165) is 36.1 Å². The molecule has 3 rings (SSSR count). The van der Waals surface area contributed by atoms with Crippen LogP contribution in [0.5, 0.6) is 0 Å². The van der Waals surface area contributed by atoms with Crippen LogP contribution in [0, 0.1) is 0 Å². The van der Waals surface area contributed by atoms with Gasteiger partial charge in [-0.3, -0.25) is 4.79 Å². The molecule has 90 valence electrons. The quantitative estimate of drug-likeness (QED) is 0.802. The summed E-state index contributed by atoms with van der Waals surface area (Å²) in [5.74, 6) is 0.128. The van der Waals surface area contributed by atoms with E-state index in [1.807, 2.05) is 13.1 Å². The molecule has 1 heterocycles. The van der Waals surface area contributed by atoms with Crippen LogP contribution in [0.15, 0.2) is 18.2 Å². The summed E-state index contributed by atoms with van der Waals surface area (Å²) in [6.45, 7) is 0.728. The SMILES string of the molecule is CN1Cc2ccc(C3(N)CCCC3)cc2C1=O. The first-order chi connectivity index (χ1) is 8.10. The molecule has 0 bridgehead atoms. The summed E-state index contributed by atoms with van der Waals surface area (Å²) in [6, 6.07) is 6.20. The van der Waals surface area contributed by atoms with Crippen molar-refractivity contribution in [3.8, 4) is 0 Å². The van der Waals surface area contributed by atoms with Crippen molar-refractivity contribution in [3.63, 3.8) is 0 Å². The summed E-state index contributed by atoms with van der Waals surface area (Å²) in [4.78, 5) is 13.7. The summed E-state index contributed by atoms with van der Waals surface area (Å²) >= 11 is 0. The Balaban J connectivity index is 2.02. The summed E-state index contributed by atoms with van der Waals surface area (Å²) < 4.78 is 0. The van der Waals surface area contributed by atoms with E-state index < -0.39 is 0 Å². The van der Waals surface area contributed by atoms with Crippen molar-refractivity contribution in [2.75, 3.05) is 7.05 Å². The van der Waals surface area contributed by atoms with E-state index in [-0.39, 0.29) is 11.4 Å². The Morgan fingerprint density at radius 1 is 1.29 bits per heavy atom. The summed E-state index contributed by atoms with van der Waals surface area (Å²) in [5, 5.41) is 0. The van der Waals surface area contributed by atoms with Gasteiger partial charge in [-0.15, -0.1) is 0 Å². The van der Waals surface area contributed by atoms with Gasteiger partial charge in [-0.05, 0) is 30.0 Å². The molecule has 0 aromatic heterocycles. The Kier molecular flexibility index (Phi) is 2.26. The van der Waals surface area contributed by atoms with E-state index in [0.29, 0.717) is 0 Å². The highest BCUT2D eigenvalue weighted by molar-refractivity contribution is 5.98. The third-order valence-electron chi connectivity index (χ3n) is 4.17. The van der Waals surface area contributed by atoms with Crippen molar-refractivity contribution >= 4 is 5.91 Å². The van der Waals surface area contributed by atoms with Gasteiger partial charge in [0.1, 0.15) is 0 Å². The predicted molar refractivity (Wildman–Crippen MR) is 66.6 cm³/mol. The molecular weight excluding hydrogens is 212 g/mol. The first-order valence-corrected chi connectivity index (χ1v) is 6.28. The zero-order chi connectivity index (χ0) is 12.0. The molecule has 3 heteroatoms. The third-order valence-corrected chi connectivity index (χ3v) is 4.17. The monoisotopic (exact) mass is 230 g/mol. The van der Waals surface area contributed by atoms with Crippen molar-refractivity contribution in [2.45, 2.75) is 37.8 Å². The highest BCUT2D eigenvalue weighted by Gasteiger charge is 2.33. The minimum absolute atomic E-state index is 0.128.